The molecule has 3 fully saturated rings. The number of piperidine rings is 3. The summed E-state index contributed by atoms with van der Waals surface area (Å²) in [5.41, 5.74) is 7.95. The molecule has 10 heteroatoms. The number of fused-ring (bicyclic) bond motifs is 2. The molecule has 1 unspecified atom stereocenters. The van der Waals surface area contributed by atoms with Crippen molar-refractivity contribution >= 4 is 35.0 Å². The summed E-state index contributed by atoms with van der Waals surface area (Å²) in [6.07, 6.45) is 6.68. The summed E-state index contributed by atoms with van der Waals surface area (Å²) >= 11 is 0. The second-order valence-corrected chi connectivity index (χ2v) is 16.4. The van der Waals surface area contributed by atoms with Crippen molar-refractivity contribution in [3.63, 3.8) is 0 Å². The number of nitrogens with zero attached hydrogens (tertiary/aromatic N) is 3. The van der Waals surface area contributed by atoms with Crippen LogP contribution in [0.25, 0.3) is 0 Å². The summed E-state index contributed by atoms with van der Waals surface area (Å²) in [6, 6.07) is 30.6. The third-order valence-corrected chi connectivity index (χ3v) is 12.9. The van der Waals surface area contributed by atoms with Crippen molar-refractivity contribution in [2.45, 2.75) is 75.3 Å². The molecule has 5 aliphatic rings. The van der Waals surface area contributed by atoms with Gasteiger partial charge in [0.05, 0.1) is 11.1 Å². The van der Waals surface area contributed by atoms with Gasteiger partial charge in [-0.25, -0.2) is 0 Å². The first-order chi connectivity index (χ1) is 27.3. The van der Waals surface area contributed by atoms with Gasteiger partial charge in [0, 0.05) is 55.9 Å². The van der Waals surface area contributed by atoms with Crippen LogP contribution in [0.5, 0.6) is 5.75 Å². The highest BCUT2D eigenvalue weighted by Crippen LogP contribution is 2.47. The zero-order chi connectivity index (χ0) is 38.3. The molecule has 4 aliphatic heterocycles. The largest absolute Gasteiger partial charge is 0.508 e. The molecule has 3 N–H and O–H groups in total. The molecular weight excluding hydrogens is 703 g/mol. The minimum Gasteiger partial charge on any atom is -0.508 e. The highest BCUT2D eigenvalue weighted by Gasteiger charge is 2.45. The number of carbonyl (C=O) groups is 4. The second kappa shape index (κ2) is 15.2. The molecule has 9 rings (SSSR count). The zero-order valence-corrected chi connectivity index (χ0v) is 31.7. The van der Waals surface area contributed by atoms with E-state index in [9.17, 15) is 24.3 Å². The van der Waals surface area contributed by atoms with E-state index in [4.69, 9.17) is 0 Å². The van der Waals surface area contributed by atoms with Gasteiger partial charge in [0.2, 0.25) is 11.8 Å². The third-order valence-electron chi connectivity index (χ3n) is 12.9. The first-order valence-corrected chi connectivity index (χ1v) is 20.3. The SMILES string of the molecule is O=C1CCC(N2C(=O)c3ccc(N[C@@H]4CCCN(CC5CCN(c6ccc([C@@H]7c8ccc(O)cc8CC[C@@H]7c7ccccc7)cc6)CC5)C4)cc3C2=O)C(=O)N1. The summed E-state index contributed by atoms with van der Waals surface area (Å²) in [5.74, 6) is -0.341. The number of hydrogen-bond acceptors (Lipinski definition) is 8. The Kier molecular flexibility index (Phi) is 9.83. The number of imide groups is 2. The van der Waals surface area contributed by atoms with Crippen LogP contribution >= 0.6 is 0 Å². The number of phenolic OH excluding ortho intramolecular Hbond substituents is 1. The fourth-order valence-corrected chi connectivity index (χ4v) is 10.0. The molecule has 0 radical (unpaired) electrons. The van der Waals surface area contributed by atoms with Gasteiger partial charge in [0.1, 0.15) is 11.8 Å². The van der Waals surface area contributed by atoms with Crippen LogP contribution in [0.2, 0.25) is 0 Å². The number of nitrogens with one attached hydrogen (secondary N) is 2. The quantitative estimate of drug-likeness (QED) is 0.176. The Bertz CT molecular complexity index is 2150. The average Bonchev–Trinajstić information content (AvgIpc) is 3.46. The van der Waals surface area contributed by atoms with Crippen LogP contribution in [-0.2, 0) is 16.0 Å². The van der Waals surface area contributed by atoms with E-state index in [-0.39, 0.29) is 30.7 Å². The minimum absolute atomic E-state index is 0.0999. The number of rotatable bonds is 8. The second-order valence-electron chi connectivity index (χ2n) is 16.4. The van der Waals surface area contributed by atoms with E-state index in [1.807, 2.05) is 18.2 Å². The third kappa shape index (κ3) is 7.07. The first-order valence-electron chi connectivity index (χ1n) is 20.3. The Morgan fingerprint density at radius 3 is 2.30 bits per heavy atom. The number of benzene rings is 4. The van der Waals surface area contributed by atoms with Gasteiger partial charge < -0.3 is 20.2 Å². The van der Waals surface area contributed by atoms with E-state index in [1.165, 1.54) is 27.9 Å². The van der Waals surface area contributed by atoms with Crippen molar-refractivity contribution in [2.24, 2.45) is 5.92 Å². The van der Waals surface area contributed by atoms with Crippen LogP contribution in [0, 0.1) is 5.92 Å². The topological polar surface area (TPSA) is 122 Å². The van der Waals surface area contributed by atoms with Crippen molar-refractivity contribution in [1.29, 1.82) is 0 Å². The number of aryl methyl sites for hydroxylation is 1. The van der Waals surface area contributed by atoms with Crippen molar-refractivity contribution in [3.8, 4) is 5.75 Å². The monoisotopic (exact) mass is 751 g/mol. The van der Waals surface area contributed by atoms with Gasteiger partial charge in [-0.15, -0.1) is 0 Å². The summed E-state index contributed by atoms with van der Waals surface area (Å²) in [5, 5.41) is 16.1. The first kappa shape index (κ1) is 36.2. The summed E-state index contributed by atoms with van der Waals surface area (Å²) in [7, 11) is 0. The number of aromatic hydroxyl groups is 1. The van der Waals surface area contributed by atoms with Crippen molar-refractivity contribution in [1.82, 2.24) is 15.1 Å². The summed E-state index contributed by atoms with van der Waals surface area (Å²) in [4.78, 5) is 56.7. The van der Waals surface area contributed by atoms with E-state index in [0.29, 0.717) is 28.7 Å². The van der Waals surface area contributed by atoms with Crippen LogP contribution in [0.4, 0.5) is 11.4 Å². The highest BCUT2D eigenvalue weighted by atomic mass is 16.3. The van der Waals surface area contributed by atoms with Gasteiger partial charge in [-0.2, -0.15) is 0 Å². The number of anilines is 2. The molecule has 3 saturated heterocycles. The van der Waals surface area contributed by atoms with Crippen LogP contribution in [0.3, 0.4) is 0 Å². The molecule has 4 aromatic rings. The molecule has 0 spiro atoms. The molecule has 288 valence electrons. The van der Waals surface area contributed by atoms with Gasteiger partial charge in [-0.05, 0) is 128 Å². The maximum Gasteiger partial charge on any atom is 0.262 e. The van der Waals surface area contributed by atoms with Crippen LogP contribution in [-0.4, -0.2) is 83.3 Å². The molecule has 10 nitrogen and oxygen atoms in total. The van der Waals surface area contributed by atoms with Crippen LogP contribution < -0.4 is 15.5 Å². The summed E-state index contributed by atoms with van der Waals surface area (Å²) < 4.78 is 0. The maximum absolute atomic E-state index is 13.4. The highest BCUT2D eigenvalue weighted by molar-refractivity contribution is 6.23. The van der Waals surface area contributed by atoms with Gasteiger partial charge in [0.25, 0.3) is 11.8 Å². The zero-order valence-electron chi connectivity index (χ0n) is 31.7. The molecule has 0 bridgehead atoms. The lowest BCUT2D eigenvalue weighted by Gasteiger charge is -2.39. The van der Waals surface area contributed by atoms with E-state index in [1.54, 1.807) is 12.1 Å². The number of carbonyl (C=O) groups excluding carboxylic acids is 4. The van der Waals surface area contributed by atoms with Gasteiger partial charge in [-0.3, -0.25) is 29.4 Å². The van der Waals surface area contributed by atoms with Crippen molar-refractivity contribution in [3.05, 3.63) is 124 Å². The number of likely N-dealkylation sites (tertiary alicyclic amines) is 1. The number of amides is 4. The fourth-order valence-electron chi connectivity index (χ4n) is 10.0. The van der Waals surface area contributed by atoms with E-state index in [0.717, 1.165) is 81.8 Å². The molecular formula is C46H49N5O5. The molecule has 56 heavy (non-hydrogen) atoms. The Balaban J connectivity index is 0.797. The Morgan fingerprint density at radius 2 is 1.52 bits per heavy atom. The number of phenols is 1. The van der Waals surface area contributed by atoms with Gasteiger partial charge >= 0.3 is 0 Å². The van der Waals surface area contributed by atoms with Crippen molar-refractivity contribution in [2.75, 3.05) is 42.9 Å². The van der Waals surface area contributed by atoms with E-state index >= 15 is 0 Å². The fraction of sp³-hybridized carbons (Fsp3) is 0.391. The van der Waals surface area contributed by atoms with Gasteiger partial charge in [-0.1, -0.05) is 48.5 Å². The smallest absolute Gasteiger partial charge is 0.262 e. The molecule has 0 aromatic heterocycles. The van der Waals surface area contributed by atoms with E-state index < -0.39 is 23.8 Å². The lowest BCUT2D eigenvalue weighted by Crippen LogP contribution is -2.54. The molecule has 1 aliphatic carbocycles. The standard InChI is InChI=1S/C46H49N5O5/c52-36-14-17-38-32(25-36)10-15-37(30-5-2-1-3-6-30)43(38)31-8-12-35(13-9-31)50-23-20-29(21-24-50)27-49-22-4-7-34(28-49)47-33-11-16-39-40(26-33)46(56)51(45(39)55)41-18-19-42(53)48-44(41)54/h1-3,5-6,8-9,11-14,16-17,25-26,29,34,37,41,43,47,52H,4,7,10,15,18-24,27-28H2,(H,48,53,54)/t34-,37-,41?,43+/m1/s1. The van der Waals surface area contributed by atoms with Gasteiger partial charge in [0.15, 0.2) is 0 Å². The lowest BCUT2D eigenvalue weighted by atomic mass is 9.69. The maximum atomic E-state index is 13.4. The molecule has 4 atom stereocenters. The Labute approximate surface area is 327 Å². The van der Waals surface area contributed by atoms with E-state index in [2.05, 4.69) is 81.1 Å². The van der Waals surface area contributed by atoms with Crippen LogP contribution in [0.15, 0.2) is 91.0 Å². The Hall–Kier alpha value is -5.48. The minimum atomic E-state index is -0.966. The Morgan fingerprint density at radius 1 is 0.732 bits per heavy atom. The molecule has 4 heterocycles. The normalized spacial score (nSPS) is 24.5. The molecule has 0 saturated carbocycles. The predicted octanol–water partition coefficient (Wildman–Crippen LogP) is 6.45. The summed E-state index contributed by atoms with van der Waals surface area (Å²) in [6.45, 7) is 5.14. The number of hydrogen-bond donors (Lipinski definition) is 3. The molecule has 4 amide bonds. The molecule has 4 aromatic carbocycles. The lowest BCUT2D eigenvalue weighted by molar-refractivity contribution is -0.136. The van der Waals surface area contributed by atoms with Crippen molar-refractivity contribution < 1.29 is 24.3 Å². The average molecular weight is 752 g/mol. The van der Waals surface area contributed by atoms with Crippen LogP contribution in [0.1, 0.15) is 99.8 Å². The predicted molar refractivity (Wildman–Crippen MR) is 215 cm³/mol.